The van der Waals surface area contributed by atoms with Gasteiger partial charge in [0.1, 0.15) is 0 Å². The van der Waals surface area contributed by atoms with Crippen molar-refractivity contribution in [1.82, 2.24) is 0 Å². The summed E-state index contributed by atoms with van der Waals surface area (Å²) in [5.41, 5.74) is -0.313. The van der Waals surface area contributed by atoms with Crippen molar-refractivity contribution in [3.63, 3.8) is 0 Å². The fourth-order valence-electron chi connectivity index (χ4n) is 5.53. The van der Waals surface area contributed by atoms with E-state index in [1.165, 1.54) is 19.3 Å². The van der Waals surface area contributed by atoms with Gasteiger partial charge in [-0.2, -0.15) is 0 Å². The van der Waals surface area contributed by atoms with E-state index in [9.17, 15) is 5.11 Å². The van der Waals surface area contributed by atoms with Gasteiger partial charge < -0.3 is 9.84 Å². The molecular formula is C16H28O2. The highest BCUT2D eigenvalue weighted by molar-refractivity contribution is 5.13. The van der Waals surface area contributed by atoms with Crippen LogP contribution >= 0.6 is 0 Å². The molecule has 0 aromatic rings. The SMILES string of the molecule is CC(C)O[C@]12CC3CC(C1)[C@@](O)(C(C)C)[C@H](C3)C2. The predicted octanol–water partition coefficient (Wildman–Crippen LogP) is 3.38. The Labute approximate surface area is 111 Å². The third-order valence-corrected chi connectivity index (χ3v) is 5.85. The summed E-state index contributed by atoms with van der Waals surface area (Å²) in [5, 5.41) is 11.2. The van der Waals surface area contributed by atoms with Crippen molar-refractivity contribution in [2.75, 3.05) is 0 Å². The molecule has 0 amide bonds. The van der Waals surface area contributed by atoms with E-state index >= 15 is 0 Å². The zero-order chi connectivity index (χ0) is 13.1. The van der Waals surface area contributed by atoms with Crippen LogP contribution in [0.2, 0.25) is 0 Å². The molecule has 4 aliphatic carbocycles. The second-order valence-corrected chi connectivity index (χ2v) is 7.74. The van der Waals surface area contributed by atoms with Crippen LogP contribution in [0.1, 0.15) is 59.8 Å². The zero-order valence-corrected chi connectivity index (χ0v) is 12.3. The summed E-state index contributed by atoms with van der Waals surface area (Å²) in [5.74, 6) is 2.13. The van der Waals surface area contributed by atoms with Gasteiger partial charge in [-0.15, -0.1) is 0 Å². The molecule has 104 valence electrons. The normalized spacial score (nSPS) is 50.5. The van der Waals surface area contributed by atoms with Crippen LogP contribution in [0.5, 0.6) is 0 Å². The van der Waals surface area contributed by atoms with Crippen LogP contribution in [-0.2, 0) is 4.74 Å². The van der Waals surface area contributed by atoms with Crippen molar-refractivity contribution in [3.8, 4) is 0 Å². The average Bonchev–Trinajstić information content (AvgIpc) is 2.22. The summed E-state index contributed by atoms with van der Waals surface area (Å²) >= 11 is 0. The molecule has 4 bridgehead atoms. The van der Waals surface area contributed by atoms with E-state index in [1.807, 2.05) is 0 Å². The number of hydrogen-bond acceptors (Lipinski definition) is 2. The van der Waals surface area contributed by atoms with Crippen LogP contribution in [0.3, 0.4) is 0 Å². The lowest BCUT2D eigenvalue weighted by atomic mass is 9.46. The minimum Gasteiger partial charge on any atom is -0.389 e. The Hall–Kier alpha value is -0.0800. The Morgan fingerprint density at radius 1 is 1.00 bits per heavy atom. The summed E-state index contributed by atoms with van der Waals surface area (Å²) in [7, 11) is 0. The third kappa shape index (κ3) is 1.68. The van der Waals surface area contributed by atoms with Crippen LogP contribution in [0.4, 0.5) is 0 Å². The van der Waals surface area contributed by atoms with Crippen LogP contribution < -0.4 is 0 Å². The lowest BCUT2D eigenvalue weighted by molar-refractivity contribution is -0.262. The van der Waals surface area contributed by atoms with Gasteiger partial charge in [-0.1, -0.05) is 13.8 Å². The second kappa shape index (κ2) is 3.96. The van der Waals surface area contributed by atoms with E-state index in [0.29, 0.717) is 23.9 Å². The Kier molecular flexibility index (Phi) is 2.84. The predicted molar refractivity (Wildman–Crippen MR) is 72.3 cm³/mol. The van der Waals surface area contributed by atoms with Crippen LogP contribution in [0, 0.1) is 23.7 Å². The maximum Gasteiger partial charge on any atom is 0.0728 e. The summed E-state index contributed by atoms with van der Waals surface area (Å²) in [6.07, 6.45) is 6.20. The quantitative estimate of drug-likeness (QED) is 0.834. The maximum atomic E-state index is 11.2. The molecule has 1 N–H and O–H groups in total. The molecule has 0 aliphatic heterocycles. The van der Waals surface area contributed by atoms with Crippen LogP contribution in [0.15, 0.2) is 0 Å². The molecule has 0 aromatic heterocycles. The smallest absolute Gasteiger partial charge is 0.0728 e. The van der Waals surface area contributed by atoms with Gasteiger partial charge in [0.15, 0.2) is 0 Å². The molecule has 0 heterocycles. The Morgan fingerprint density at radius 2 is 1.56 bits per heavy atom. The van der Waals surface area contributed by atoms with Gasteiger partial charge in [0, 0.05) is 0 Å². The van der Waals surface area contributed by atoms with Gasteiger partial charge in [-0.05, 0) is 69.6 Å². The lowest BCUT2D eigenvalue weighted by Gasteiger charge is -2.64. The number of hydrogen-bond donors (Lipinski definition) is 1. The van der Waals surface area contributed by atoms with E-state index < -0.39 is 5.60 Å². The van der Waals surface area contributed by atoms with Crippen molar-refractivity contribution >= 4 is 0 Å². The topological polar surface area (TPSA) is 29.5 Å². The molecule has 2 nitrogen and oxygen atoms in total. The molecular weight excluding hydrogens is 224 g/mol. The minimum atomic E-state index is -0.416. The molecule has 18 heavy (non-hydrogen) atoms. The Balaban J connectivity index is 1.89. The molecule has 4 rings (SSSR count). The van der Waals surface area contributed by atoms with Gasteiger partial charge in [0.05, 0.1) is 17.3 Å². The summed E-state index contributed by atoms with van der Waals surface area (Å²) in [4.78, 5) is 0. The fraction of sp³-hybridized carbons (Fsp3) is 1.00. The third-order valence-electron chi connectivity index (χ3n) is 5.85. The van der Waals surface area contributed by atoms with Crippen LogP contribution in [0.25, 0.3) is 0 Å². The molecule has 0 radical (unpaired) electrons. The average molecular weight is 252 g/mol. The Morgan fingerprint density at radius 3 is 2.00 bits per heavy atom. The van der Waals surface area contributed by atoms with E-state index in [4.69, 9.17) is 4.74 Å². The zero-order valence-electron chi connectivity index (χ0n) is 12.3. The van der Waals surface area contributed by atoms with Crippen molar-refractivity contribution < 1.29 is 9.84 Å². The molecule has 5 atom stereocenters. The summed E-state index contributed by atoms with van der Waals surface area (Å²) < 4.78 is 6.31. The van der Waals surface area contributed by atoms with Crippen molar-refractivity contribution in [1.29, 1.82) is 0 Å². The lowest BCUT2D eigenvalue weighted by Crippen LogP contribution is -2.66. The molecule has 4 fully saturated rings. The van der Waals surface area contributed by atoms with Crippen molar-refractivity contribution in [2.45, 2.75) is 77.1 Å². The van der Waals surface area contributed by atoms with E-state index in [1.54, 1.807) is 0 Å². The number of rotatable bonds is 3. The number of aliphatic hydroxyl groups is 1. The van der Waals surface area contributed by atoms with Crippen molar-refractivity contribution in [2.24, 2.45) is 23.7 Å². The molecule has 4 aliphatic rings. The summed E-state index contributed by atoms with van der Waals surface area (Å²) in [6, 6.07) is 0. The largest absolute Gasteiger partial charge is 0.389 e. The monoisotopic (exact) mass is 252 g/mol. The van der Waals surface area contributed by atoms with Crippen molar-refractivity contribution in [3.05, 3.63) is 0 Å². The molecule has 4 saturated carbocycles. The molecule has 2 heteroatoms. The van der Waals surface area contributed by atoms with Crippen LogP contribution in [-0.4, -0.2) is 22.4 Å². The van der Waals surface area contributed by atoms with Gasteiger partial charge >= 0.3 is 0 Å². The highest BCUT2D eigenvalue weighted by Gasteiger charge is 2.63. The second-order valence-electron chi connectivity index (χ2n) is 7.74. The van der Waals surface area contributed by atoms with Gasteiger partial charge in [-0.25, -0.2) is 0 Å². The highest BCUT2D eigenvalue weighted by Crippen LogP contribution is 2.62. The van der Waals surface area contributed by atoms with E-state index in [0.717, 1.165) is 18.8 Å². The standard InChI is InChI=1S/C16H28O2/c1-10(2)16(17)13-5-12-6-14(16)9-15(7-12,8-13)18-11(3)4/h10-14,17H,5-9H2,1-4H3/t12?,13-,14?,15+,16-/m1/s1. The maximum absolute atomic E-state index is 11.2. The first-order chi connectivity index (χ1) is 8.36. The Bertz CT molecular complexity index is 314. The molecule has 2 unspecified atom stereocenters. The van der Waals surface area contributed by atoms with Gasteiger partial charge in [0.2, 0.25) is 0 Å². The molecule has 0 spiro atoms. The molecule has 0 saturated heterocycles. The first kappa shape index (κ1) is 12.9. The highest BCUT2D eigenvalue weighted by atomic mass is 16.5. The molecule has 0 aromatic carbocycles. The van der Waals surface area contributed by atoms with Gasteiger partial charge in [-0.3, -0.25) is 0 Å². The first-order valence-corrected chi connectivity index (χ1v) is 7.76. The van der Waals surface area contributed by atoms with E-state index in [-0.39, 0.29) is 5.60 Å². The summed E-state index contributed by atoms with van der Waals surface area (Å²) in [6.45, 7) is 8.68. The van der Waals surface area contributed by atoms with Gasteiger partial charge in [0.25, 0.3) is 0 Å². The fourth-order valence-corrected chi connectivity index (χ4v) is 5.53. The number of ether oxygens (including phenoxy) is 1. The first-order valence-electron chi connectivity index (χ1n) is 7.76. The van der Waals surface area contributed by atoms with E-state index in [2.05, 4.69) is 27.7 Å². The minimum absolute atomic E-state index is 0.103.